The van der Waals surface area contributed by atoms with Crippen molar-refractivity contribution >= 4 is 45.1 Å². The second-order valence-electron chi connectivity index (χ2n) is 6.21. The number of nitriles is 1. The molecule has 0 aliphatic carbocycles. The predicted octanol–water partition coefficient (Wildman–Crippen LogP) is 5.24. The van der Waals surface area contributed by atoms with Crippen LogP contribution in [0.25, 0.3) is 10.2 Å². The van der Waals surface area contributed by atoms with Crippen molar-refractivity contribution in [1.82, 2.24) is 19.7 Å². The van der Waals surface area contributed by atoms with Crippen LogP contribution in [0.4, 0.5) is 0 Å². The fraction of sp³-hybridized carbons (Fsp3) is 0.238. The normalized spacial score (nSPS) is 10.9. The van der Waals surface area contributed by atoms with Gasteiger partial charge in [0.1, 0.15) is 11.6 Å². The number of thioether (sulfide) groups is 2. The molecule has 0 unspecified atom stereocenters. The highest BCUT2D eigenvalue weighted by atomic mass is 32.2. The van der Waals surface area contributed by atoms with Gasteiger partial charge in [0, 0.05) is 12.3 Å². The number of nitrogens with zero attached hydrogens (tertiary/aromatic N) is 5. The minimum atomic E-state index is 0.558. The van der Waals surface area contributed by atoms with Gasteiger partial charge in [-0.2, -0.15) is 5.26 Å². The summed E-state index contributed by atoms with van der Waals surface area (Å²) in [6, 6.07) is 17.4. The molecule has 0 saturated heterocycles. The molecule has 0 radical (unpaired) electrons. The van der Waals surface area contributed by atoms with Crippen LogP contribution in [-0.4, -0.2) is 32.1 Å². The van der Waals surface area contributed by atoms with Crippen LogP contribution in [0.1, 0.15) is 18.3 Å². The van der Waals surface area contributed by atoms with E-state index in [4.69, 9.17) is 10.00 Å². The molecule has 0 saturated carbocycles. The first-order valence-electron chi connectivity index (χ1n) is 9.43. The Morgan fingerprint density at radius 2 is 1.93 bits per heavy atom. The van der Waals surface area contributed by atoms with Crippen molar-refractivity contribution in [1.29, 1.82) is 5.26 Å². The molecule has 0 aliphatic rings. The van der Waals surface area contributed by atoms with Crippen LogP contribution in [0.5, 0.6) is 5.75 Å². The minimum Gasteiger partial charge on any atom is -0.493 e. The average Bonchev–Trinajstić information content (AvgIpc) is 3.38. The highest BCUT2D eigenvalue weighted by Crippen LogP contribution is 2.31. The summed E-state index contributed by atoms with van der Waals surface area (Å²) in [5.74, 6) is 3.23. The number of aromatic nitrogens is 4. The summed E-state index contributed by atoms with van der Waals surface area (Å²) in [6.07, 6.45) is 0. The standard InChI is InChI=1S/C21H19N5OS3/c1-2-26-19(14-29-21-23-17-5-3-4-6-18(17)30-21)24-25-20(26)28-12-11-27-16-9-7-15(13-22)8-10-16/h3-10H,2,11-12,14H2,1H3. The summed E-state index contributed by atoms with van der Waals surface area (Å²) in [5, 5.41) is 18.5. The van der Waals surface area contributed by atoms with Gasteiger partial charge < -0.3 is 9.30 Å². The maximum atomic E-state index is 8.84. The fourth-order valence-electron chi connectivity index (χ4n) is 2.81. The second kappa shape index (κ2) is 9.98. The van der Waals surface area contributed by atoms with Crippen LogP contribution in [0.2, 0.25) is 0 Å². The first-order chi connectivity index (χ1) is 14.8. The molecule has 0 aliphatic heterocycles. The summed E-state index contributed by atoms with van der Waals surface area (Å²) >= 11 is 5.04. The van der Waals surface area contributed by atoms with Gasteiger partial charge in [0.2, 0.25) is 0 Å². The van der Waals surface area contributed by atoms with Crippen LogP contribution >= 0.6 is 34.9 Å². The van der Waals surface area contributed by atoms with E-state index in [2.05, 4.69) is 38.8 Å². The number of thiazole rings is 1. The second-order valence-corrected chi connectivity index (χ2v) is 9.53. The van der Waals surface area contributed by atoms with Gasteiger partial charge in [0.25, 0.3) is 0 Å². The molecule has 30 heavy (non-hydrogen) atoms. The van der Waals surface area contributed by atoms with E-state index in [-0.39, 0.29) is 0 Å². The zero-order valence-electron chi connectivity index (χ0n) is 16.3. The number of benzene rings is 2. The summed E-state index contributed by atoms with van der Waals surface area (Å²) in [5.41, 5.74) is 1.67. The molecule has 0 atom stereocenters. The third-order valence-electron chi connectivity index (χ3n) is 4.28. The molecule has 6 nitrogen and oxygen atoms in total. The van der Waals surface area contributed by atoms with E-state index in [0.29, 0.717) is 12.2 Å². The summed E-state index contributed by atoms with van der Waals surface area (Å²) < 4.78 is 10.1. The van der Waals surface area contributed by atoms with Crippen molar-refractivity contribution in [2.24, 2.45) is 0 Å². The highest BCUT2D eigenvalue weighted by Gasteiger charge is 2.13. The van der Waals surface area contributed by atoms with Crippen molar-refractivity contribution in [3.05, 3.63) is 59.9 Å². The number of hydrogen-bond donors (Lipinski definition) is 0. The number of para-hydroxylation sites is 1. The molecule has 0 spiro atoms. The van der Waals surface area contributed by atoms with Crippen LogP contribution in [-0.2, 0) is 12.3 Å². The molecule has 2 aromatic heterocycles. The maximum absolute atomic E-state index is 8.84. The van der Waals surface area contributed by atoms with Gasteiger partial charge in [-0.1, -0.05) is 35.7 Å². The molecule has 0 amide bonds. The molecule has 152 valence electrons. The maximum Gasteiger partial charge on any atom is 0.191 e. The van der Waals surface area contributed by atoms with Crippen molar-refractivity contribution in [3.63, 3.8) is 0 Å². The molecule has 9 heteroatoms. The van der Waals surface area contributed by atoms with Crippen molar-refractivity contribution in [2.75, 3.05) is 12.4 Å². The Morgan fingerprint density at radius 1 is 1.10 bits per heavy atom. The van der Waals surface area contributed by atoms with Crippen molar-refractivity contribution in [2.45, 2.75) is 28.7 Å². The number of fused-ring (bicyclic) bond motifs is 1. The topological polar surface area (TPSA) is 76.6 Å². The number of hydrogen-bond acceptors (Lipinski definition) is 8. The largest absolute Gasteiger partial charge is 0.493 e. The van der Waals surface area contributed by atoms with Gasteiger partial charge in [-0.3, -0.25) is 0 Å². The molecule has 2 aromatic carbocycles. The van der Waals surface area contributed by atoms with Crippen LogP contribution in [0, 0.1) is 11.3 Å². The Morgan fingerprint density at radius 3 is 2.70 bits per heavy atom. The Balaban J connectivity index is 1.30. The molecule has 0 bridgehead atoms. The lowest BCUT2D eigenvalue weighted by atomic mass is 10.2. The lowest BCUT2D eigenvalue weighted by Gasteiger charge is -2.08. The van der Waals surface area contributed by atoms with E-state index >= 15 is 0 Å². The molecule has 4 aromatic rings. The third-order valence-corrected chi connectivity index (χ3v) is 7.38. The van der Waals surface area contributed by atoms with Gasteiger partial charge >= 0.3 is 0 Å². The van der Waals surface area contributed by atoms with Gasteiger partial charge in [-0.05, 0) is 43.3 Å². The van der Waals surface area contributed by atoms with Crippen LogP contribution < -0.4 is 4.74 Å². The SMILES string of the molecule is CCn1c(CSc2nc3ccccc3s2)nnc1SCCOc1ccc(C#N)cc1. The highest BCUT2D eigenvalue weighted by molar-refractivity contribution is 8.00. The van der Waals surface area contributed by atoms with Crippen molar-refractivity contribution < 1.29 is 4.74 Å². The fourth-order valence-corrected chi connectivity index (χ4v) is 5.65. The monoisotopic (exact) mass is 453 g/mol. The summed E-state index contributed by atoms with van der Waals surface area (Å²) in [7, 11) is 0. The Labute approximate surface area is 187 Å². The van der Waals surface area contributed by atoms with E-state index in [1.807, 2.05) is 30.3 Å². The number of ether oxygens (including phenoxy) is 1. The quantitative estimate of drug-likeness (QED) is 0.253. The Hall–Kier alpha value is -2.54. The lowest BCUT2D eigenvalue weighted by molar-refractivity contribution is 0.344. The first kappa shape index (κ1) is 20.7. The Bertz CT molecular complexity index is 1130. The first-order valence-corrected chi connectivity index (χ1v) is 12.2. The van der Waals surface area contributed by atoms with Crippen LogP contribution in [0.3, 0.4) is 0 Å². The summed E-state index contributed by atoms with van der Waals surface area (Å²) in [4.78, 5) is 4.67. The molecule has 0 N–H and O–H groups in total. The number of rotatable bonds is 9. The predicted molar refractivity (Wildman–Crippen MR) is 122 cm³/mol. The van der Waals surface area contributed by atoms with E-state index in [9.17, 15) is 0 Å². The third kappa shape index (κ3) is 4.95. The van der Waals surface area contributed by atoms with Gasteiger partial charge in [-0.15, -0.1) is 21.5 Å². The van der Waals surface area contributed by atoms with Gasteiger partial charge in [0.15, 0.2) is 9.50 Å². The summed E-state index contributed by atoms with van der Waals surface area (Å²) in [6.45, 7) is 3.48. The smallest absolute Gasteiger partial charge is 0.191 e. The Kier molecular flexibility index (Phi) is 6.89. The van der Waals surface area contributed by atoms with E-state index in [1.165, 1.54) is 4.70 Å². The zero-order valence-corrected chi connectivity index (χ0v) is 18.8. The lowest BCUT2D eigenvalue weighted by Crippen LogP contribution is -2.04. The molecule has 4 rings (SSSR count). The molecule has 2 heterocycles. The van der Waals surface area contributed by atoms with E-state index in [0.717, 1.165) is 44.6 Å². The minimum absolute atomic E-state index is 0.558. The van der Waals surface area contributed by atoms with E-state index in [1.54, 1.807) is 47.0 Å². The molecular weight excluding hydrogens is 434 g/mol. The molecule has 0 fully saturated rings. The van der Waals surface area contributed by atoms with Crippen LogP contribution in [0.15, 0.2) is 58.0 Å². The van der Waals surface area contributed by atoms with E-state index < -0.39 is 0 Å². The van der Waals surface area contributed by atoms with Gasteiger partial charge in [-0.25, -0.2) is 4.98 Å². The van der Waals surface area contributed by atoms with Gasteiger partial charge in [0.05, 0.1) is 34.2 Å². The van der Waals surface area contributed by atoms with Crippen molar-refractivity contribution in [3.8, 4) is 11.8 Å². The molecular formula is C21H19N5OS3. The zero-order chi connectivity index (χ0) is 20.8. The average molecular weight is 454 g/mol.